The van der Waals surface area contributed by atoms with Crippen molar-refractivity contribution in [2.75, 3.05) is 0 Å². The second-order valence-corrected chi connectivity index (χ2v) is 6.64. The van der Waals surface area contributed by atoms with E-state index in [4.69, 9.17) is 18.0 Å². The van der Waals surface area contributed by atoms with Gasteiger partial charge in [-0.1, -0.05) is 30.4 Å². The zero-order chi connectivity index (χ0) is 15.5. The normalized spacial score (nSPS) is 12.8. The van der Waals surface area contributed by atoms with Gasteiger partial charge < -0.3 is 5.73 Å². The summed E-state index contributed by atoms with van der Waals surface area (Å²) in [5.74, 6) is 0. The van der Waals surface area contributed by atoms with Crippen LogP contribution in [-0.4, -0.2) is 18.4 Å². The molecule has 21 heavy (non-hydrogen) atoms. The van der Waals surface area contributed by atoms with Crippen LogP contribution in [0.5, 0.6) is 0 Å². The van der Waals surface area contributed by atoms with Gasteiger partial charge in [0.15, 0.2) is 0 Å². The molecule has 0 spiro atoms. The number of nitrogens with two attached hydrogens (primary N) is 1. The van der Waals surface area contributed by atoms with Crippen LogP contribution in [0.1, 0.15) is 24.2 Å². The molecule has 0 saturated carbocycles. The SMILES string of the molecule is CC(NS(=O)(=O)c1cccc(C(N)=S)c1)c1ccccn1. The quantitative estimate of drug-likeness (QED) is 0.820. The van der Waals surface area contributed by atoms with Crippen LogP contribution < -0.4 is 10.5 Å². The molecule has 1 aromatic carbocycles. The summed E-state index contributed by atoms with van der Waals surface area (Å²) >= 11 is 4.86. The van der Waals surface area contributed by atoms with Crippen LogP contribution in [0.25, 0.3) is 0 Å². The lowest BCUT2D eigenvalue weighted by Gasteiger charge is -2.14. The van der Waals surface area contributed by atoms with Gasteiger partial charge in [-0.25, -0.2) is 13.1 Å². The minimum atomic E-state index is -3.67. The molecule has 5 nitrogen and oxygen atoms in total. The summed E-state index contributed by atoms with van der Waals surface area (Å²) in [6.45, 7) is 1.73. The van der Waals surface area contributed by atoms with Gasteiger partial charge in [0.1, 0.15) is 4.99 Å². The highest BCUT2D eigenvalue weighted by molar-refractivity contribution is 7.89. The Balaban J connectivity index is 2.26. The van der Waals surface area contributed by atoms with Gasteiger partial charge in [-0.15, -0.1) is 0 Å². The first kappa shape index (κ1) is 15.6. The summed E-state index contributed by atoms with van der Waals surface area (Å²) in [4.78, 5) is 4.41. The first-order valence-corrected chi connectivity index (χ1v) is 8.12. The van der Waals surface area contributed by atoms with Crippen LogP contribution in [0.15, 0.2) is 53.6 Å². The van der Waals surface area contributed by atoms with Crippen molar-refractivity contribution in [2.45, 2.75) is 17.9 Å². The van der Waals surface area contributed by atoms with Gasteiger partial charge in [0.25, 0.3) is 0 Å². The monoisotopic (exact) mass is 321 g/mol. The standard InChI is InChI=1S/C14H15N3O2S2/c1-10(13-7-2-3-8-16-13)17-21(18,19)12-6-4-5-11(9-12)14(15)20/h2-10,17H,1H3,(H2,15,20). The fourth-order valence-corrected chi connectivity index (χ4v) is 3.20. The van der Waals surface area contributed by atoms with Crippen molar-refractivity contribution in [3.05, 3.63) is 59.9 Å². The molecular weight excluding hydrogens is 306 g/mol. The number of rotatable bonds is 5. The van der Waals surface area contributed by atoms with E-state index in [-0.39, 0.29) is 9.88 Å². The highest BCUT2D eigenvalue weighted by Gasteiger charge is 2.19. The van der Waals surface area contributed by atoms with Crippen LogP contribution in [0.4, 0.5) is 0 Å². The molecule has 1 unspecified atom stereocenters. The van der Waals surface area contributed by atoms with Gasteiger partial charge in [0, 0.05) is 11.8 Å². The number of sulfonamides is 1. The fourth-order valence-electron chi connectivity index (χ4n) is 1.81. The number of benzene rings is 1. The average molecular weight is 321 g/mol. The summed E-state index contributed by atoms with van der Waals surface area (Å²) < 4.78 is 27.3. The van der Waals surface area contributed by atoms with Crippen LogP contribution in [0.3, 0.4) is 0 Å². The van der Waals surface area contributed by atoms with E-state index in [2.05, 4.69) is 9.71 Å². The fraction of sp³-hybridized carbons (Fsp3) is 0.143. The molecule has 1 heterocycles. The number of nitrogens with one attached hydrogen (secondary N) is 1. The molecular formula is C14H15N3O2S2. The maximum absolute atomic E-state index is 12.4. The van der Waals surface area contributed by atoms with Crippen molar-refractivity contribution in [1.29, 1.82) is 0 Å². The number of pyridine rings is 1. The Kier molecular flexibility index (Phi) is 4.66. The number of thiocarbonyl (C=S) groups is 1. The molecule has 1 atom stereocenters. The highest BCUT2D eigenvalue weighted by Crippen LogP contribution is 2.16. The van der Waals surface area contributed by atoms with E-state index in [9.17, 15) is 8.42 Å². The third-order valence-electron chi connectivity index (χ3n) is 2.89. The van der Waals surface area contributed by atoms with E-state index in [0.717, 1.165) is 0 Å². The Morgan fingerprint density at radius 1 is 1.29 bits per heavy atom. The molecule has 110 valence electrons. The molecule has 3 N–H and O–H groups in total. The molecule has 2 aromatic rings. The van der Waals surface area contributed by atoms with Gasteiger partial charge in [0.2, 0.25) is 10.0 Å². The summed E-state index contributed by atoms with van der Waals surface area (Å²) in [5, 5.41) is 0. The molecule has 1 aromatic heterocycles. The smallest absolute Gasteiger partial charge is 0.241 e. The van der Waals surface area contributed by atoms with Crippen molar-refractivity contribution in [3.63, 3.8) is 0 Å². The van der Waals surface area contributed by atoms with Crippen molar-refractivity contribution in [3.8, 4) is 0 Å². The Bertz CT molecular complexity index is 746. The molecule has 0 amide bonds. The third-order valence-corrected chi connectivity index (χ3v) is 4.67. The van der Waals surface area contributed by atoms with Crippen molar-refractivity contribution in [2.24, 2.45) is 5.73 Å². The van der Waals surface area contributed by atoms with E-state index in [0.29, 0.717) is 11.3 Å². The second kappa shape index (κ2) is 6.30. The molecule has 0 aliphatic rings. The minimum Gasteiger partial charge on any atom is -0.389 e. The topological polar surface area (TPSA) is 85.1 Å². The summed E-state index contributed by atoms with van der Waals surface area (Å²) in [7, 11) is -3.67. The number of hydrogen-bond donors (Lipinski definition) is 2. The van der Waals surface area contributed by atoms with Crippen LogP contribution in [-0.2, 0) is 10.0 Å². The van der Waals surface area contributed by atoms with Crippen LogP contribution in [0, 0.1) is 0 Å². The number of aromatic nitrogens is 1. The van der Waals surface area contributed by atoms with Gasteiger partial charge >= 0.3 is 0 Å². The zero-order valence-electron chi connectivity index (χ0n) is 11.4. The largest absolute Gasteiger partial charge is 0.389 e. The van der Waals surface area contributed by atoms with Gasteiger partial charge in [-0.2, -0.15) is 0 Å². The van der Waals surface area contributed by atoms with Gasteiger partial charge in [-0.05, 0) is 31.2 Å². The highest BCUT2D eigenvalue weighted by atomic mass is 32.2. The predicted molar refractivity (Wildman–Crippen MR) is 85.3 cm³/mol. The number of nitrogens with zero attached hydrogens (tertiary/aromatic N) is 1. The molecule has 0 fully saturated rings. The van der Waals surface area contributed by atoms with E-state index in [1.165, 1.54) is 12.1 Å². The van der Waals surface area contributed by atoms with Crippen LogP contribution >= 0.6 is 12.2 Å². The average Bonchev–Trinajstić information content (AvgIpc) is 2.48. The minimum absolute atomic E-state index is 0.121. The maximum atomic E-state index is 12.4. The zero-order valence-corrected chi connectivity index (χ0v) is 13.0. The summed E-state index contributed by atoms with van der Waals surface area (Å²) in [6.07, 6.45) is 1.62. The molecule has 0 bridgehead atoms. The molecule has 0 radical (unpaired) electrons. The van der Waals surface area contributed by atoms with E-state index in [1.807, 2.05) is 0 Å². The Labute approximate surface area is 129 Å². The lowest BCUT2D eigenvalue weighted by atomic mass is 10.2. The third kappa shape index (κ3) is 3.84. The maximum Gasteiger partial charge on any atom is 0.241 e. The van der Waals surface area contributed by atoms with E-state index in [1.54, 1.807) is 43.5 Å². The molecule has 0 aliphatic heterocycles. The Hall–Kier alpha value is -1.83. The summed E-state index contributed by atoms with van der Waals surface area (Å²) in [6, 6.07) is 11.1. The van der Waals surface area contributed by atoms with Crippen molar-refractivity contribution >= 4 is 27.2 Å². The van der Waals surface area contributed by atoms with Crippen molar-refractivity contribution < 1.29 is 8.42 Å². The number of hydrogen-bond acceptors (Lipinski definition) is 4. The van der Waals surface area contributed by atoms with E-state index < -0.39 is 16.1 Å². The van der Waals surface area contributed by atoms with E-state index >= 15 is 0 Å². The lowest BCUT2D eigenvalue weighted by Crippen LogP contribution is -2.27. The van der Waals surface area contributed by atoms with Crippen molar-refractivity contribution in [1.82, 2.24) is 9.71 Å². The molecule has 7 heteroatoms. The molecule has 2 rings (SSSR count). The van der Waals surface area contributed by atoms with Gasteiger partial charge in [0.05, 0.1) is 16.6 Å². The van der Waals surface area contributed by atoms with Crippen LogP contribution in [0.2, 0.25) is 0 Å². The molecule has 0 aliphatic carbocycles. The first-order chi connectivity index (χ1) is 9.90. The molecule has 0 saturated heterocycles. The lowest BCUT2D eigenvalue weighted by molar-refractivity contribution is 0.564. The Morgan fingerprint density at radius 2 is 2.05 bits per heavy atom. The Morgan fingerprint density at radius 3 is 2.67 bits per heavy atom. The summed E-state index contributed by atoms with van der Waals surface area (Å²) in [5.41, 5.74) is 6.68. The predicted octanol–water partition coefficient (Wildman–Crippen LogP) is 1.76. The first-order valence-electron chi connectivity index (χ1n) is 6.23. The second-order valence-electron chi connectivity index (χ2n) is 4.49. The van der Waals surface area contributed by atoms with Gasteiger partial charge in [-0.3, -0.25) is 4.98 Å².